The Morgan fingerprint density at radius 1 is 1.19 bits per heavy atom. The number of methoxy groups -OCH3 is 2. The molecule has 0 bridgehead atoms. The van der Waals surface area contributed by atoms with Gasteiger partial charge in [0.15, 0.2) is 5.78 Å². The number of hydrogen-bond donors (Lipinski definition) is 1. The largest absolute Gasteiger partial charge is 0.507 e. The predicted molar refractivity (Wildman–Crippen MR) is 97.9 cm³/mol. The molecule has 5 nitrogen and oxygen atoms in total. The maximum Gasteiger partial charge on any atom is 0.341 e. The maximum absolute atomic E-state index is 13.0. The summed E-state index contributed by atoms with van der Waals surface area (Å²) in [5.41, 5.74) is 0.547. The van der Waals surface area contributed by atoms with Crippen molar-refractivity contribution in [3.63, 3.8) is 0 Å². The molecule has 0 spiro atoms. The Bertz CT molecular complexity index is 916. The van der Waals surface area contributed by atoms with E-state index in [-0.39, 0.29) is 17.1 Å². The molecule has 0 aromatic heterocycles. The summed E-state index contributed by atoms with van der Waals surface area (Å²) in [6.45, 7) is 9.28. The minimum absolute atomic E-state index is 0.0105. The van der Waals surface area contributed by atoms with Crippen LogP contribution in [0.2, 0.25) is 0 Å². The molecule has 1 atom stereocenters. The summed E-state index contributed by atoms with van der Waals surface area (Å²) >= 11 is 0. The zero-order valence-electron chi connectivity index (χ0n) is 15.6. The van der Waals surface area contributed by atoms with Gasteiger partial charge in [-0.2, -0.15) is 0 Å². The zero-order chi connectivity index (χ0) is 19.4. The molecule has 136 valence electrons. The van der Waals surface area contributed by atoms with Gasteiger partial charge in [0.2, 0.25) is 0 Å². The monoisotopic (exact) mass is 354 g/mol. The van der Waals surface area contributed by atoms with Crippen LogP contribution < -0.4 is 4.74 Å². The Labute approximate surface area is 152 Å². The van der Waals surface area contributed by atoms with Gasteiger partial charge in [-0.15, -0.1) is 0 Å². The van der Waals surface area contributed by atoms with Crippen LogP contribution in [0, 0.1) is 5.41 Å². The molecular weight excluding hydrogens is 332 g/mol. The van der Waals surface area contributed by atoms with Gasteiger partial charge in [-0.05, 0) is 49.6 Å². The molecule has 1 aromatic rings. The first-order chi connectivity index (χ1) is 12.1. The van der Waals surface area contributed by atoms with Crippen molar-refractivity contribution in [2.45, 2.75) is 26.2 Å². The highest BCUT2D eigenvalue weighted by Gasteiger charge is 2.54. The Kier molecular flexibility index (Phi) is 3.87. The molecule has 0 fully saturated rings. The molecule has 0 amide bonds. The smallest absolute Gasteiger partial charge is 0.341 e. The number of allylic oxidation sites excluding steroid dienone is 3. The molecule has 0 aliphatic heterocycles. The molecule has 0 heterocycles. The summed E-state index contributed by atoms with van der Waals surface area (Å²) in [6, 6.07) is 5.46. The molecule has 26 heavy (non-hydrogen) atoms. The van der Waals surface area contributed by atoms with Crippen LogP contribution in [-0.2, 0) is 19.7 Å². The first-order valence-corrected chi connectivity index (χ1v) is 8.28. The van der Waals surface area contributed by atoms with Crippen LogP contribution in [0.15, 0.2) is 47.8 Å². The lowest BCUT2D eigenvalue weighted by Gasteiger charge is -2.46. The summed E-state index contributed by atoms with van der Waals surface area (Å²) in [6.07, 6.45) is 1.59. The topological polar surface area (TPSA) is 72.8 Å². The van der Waals surface area contributed by atoms with Crippen molar-refractivity contribution in [2.75, 3.05) is 14.2 Å². The number of hydrogen-bond acceptors (Lipinski definition) is 5. The van der Waals surface area contributed by atoms with E-state index in [0.29, 0.717) is 16.9 Å². The van der Waals surface area contributed by atoms with Gasteiger partial charge < -0.3 is 14.6 Å². The second-order valence-electron chi connectivity index (χ2n) is 7.32. The summed E-state index contributed by atoms with van der Waals surface area (Å²) in [5.74, 6) is -0.441. The van der Waals surface area contributed by atoms with E-state index in [1.165, 1.54) is 7.11 Å². The molecule has 1 N–H and O–H groups in total. The van der Waals surface area contributed by atoms with Crippen molar-refractivity contribution in [3.05, 3.63) is 58.9 Å². The highest BCUT2D eigenvalue weighted by Crippen LogP contribution is 2.56. The highest BCUT2D eigenvalue weighted by molar-refractivity contribution is 6.21. The van der Waals surface area contributed by atoms with Gasteiger partial charge in [-0.25, -0.2) is 4.79 Å². The van der Waals surface area contributed by atoms with E-state index in [1.54, 1.807) is 33.1 Å². The third kappa shape index (κ3) is 2.16. The molecule has 0 radical (unpaired) electrons. The number of ether oxygens (including phenoxy) is 2. The molecule has 2 aliphatic carbocycles. The highest BCUT2D eigenvalue weighted by atomic mass is 16.5. The molecule has 5 heteroatoms. The fraction of sp³-hybridized carbons (Fsp3) is 0.333. The van der Waals surface area contributed by atoms with Crippen LogP contribution >= 0.6 is 0 Å². The van der Waals surface area contributed by atoms with Crippen molar-refractivity contribution in [1.29, 1.82) is 0 Å². The molecule has 0 unspecified atom stereocenters. The second kappa shape index (κ2) is 5.59. The molecular formula is C21H22O5. The van der Waals surface area contributed by atoms with Crippen molar-refractivity contribution >= 4 is 17.3 Å². The third-order valence-corrected chi connectivity index (χ3v) is 5.43. The van der Waals surface area contributed by atoms with Crippen LogP contribution in [0.25, 0.3) is 5.57 Å². The lowest BCUT2D eigenvalue weighted by Crippen LogP contribution is -2.46. The molecule has 3 rings (SSSR count). The van der Waals surface area contributed by atoms with Gasteiger partial charge in [-0.1, -0.05) is 18.7 Å². The van der Waals surface area contributed by atoms with Crippen LogP contribution in [0.4, 0.5) is 0 Å². The summed E-state index contributed by atoms with van der Waals surface area (Å²) in [4.78, 5) is 25.2. The van der Waals surface area contributed by atoms with E-state index in [1.807, 2.05) is 19.1 Å². The van der Waals surface area contributed by atoms with Gasteiger partial charge >= 0.3 is 5.97 Å². The molecule has 2 aliphatic rings. The van der Waals surface area contributed by atoms with Crippen molar-refractivity contribution in [1.82, 2.24) is 0 Å². The van der Waals surface area contributed by atoms with Gasteiger partial charge in [0.05, 0.1) is 19.6 Å². The third-order valence-electron chi connectivity index (χ3n) is 5.43. The van der Waals surface area contributed by atoms with E-state index < -0.39 is 16.8 Å². The second-order valence-corrected chi connectivity index (χ2v) is 7.32. The van der Waals surface area contributed by atoms with Gasteiger partial charge in [0, 0.05) is 11.0 Å². The SMILES string of the molecule is C=C1C(O)=C2C(C)(C)C(=O)C(C(=O)OC)=C[C@]2(C)c2cc(OC)ccc21. The van der Waals surface area contributed by atoms with Crippen molar-refractivity contribution < 1.29 is 24.2 Å². The number of carbonyl (C=O) groups is 2. The standard InChI is InChI=1S/C21H22O5/c1-11-13-8-7-12(25-5)9-15(13)21(4)10-14(19(24)26-6)18(23)20(2,3)17(21)16(11)22/h7-10,22H,1H2,2-6H3/t21-/m1/s1. The number of ketones is 1. The Morgan fingerprint density at radius 3 is 2.42 bits per heavy atom. The summed E-state index contributed by atoms with van der Waals surface area (Å²) in [7, 11) is 2.81. The summed E-state index contributed by atoms with van der Waals surface area (Å²) in [5, 5.41) is 10.9. The van der Waals surface area contributed by atoms with Crippen LogP contribution in [0.5, 0.6) is 5.75 Å². The van der Waals surface area contributed by atoms with Gasteiger partial charge in [-0.3, -0.25) is 4.79 Å². The predicted octanol–water partition coefficient (Wildman–Crippen LogP) is 3.50. The number of carbonyl (C=O) groups excluding carboxylic acids is 2. The minimum atomic E-state index is -1.10. The number of fused-ring (bicyclic) bond motifs is 3. The molecule has 1 aromatic carbocycles. The average Bonchev–Trinajstić information content (AvgIpc) is 2.61. The van der Waals surface area contributed by atoms with Crippen molar-refractivity contribution in [3.8, 4) is 5.75 Å². The van der Waals surface area contributed by atoms with Crippen LogP contribution in [0.3, 0.4) is 0 Å². The minimum Gasteiger partial charge on any atom is -0.507 e. The zero-order valence-corrected chi connectivity index (χ0v) is 15.6. The van der Waals surface area contributed by atoms with Crippen LogP contribution in [-0.4, -0.2) is 31.1 Å². The van der Waals surface area contributed by atoms with E-state index in [0.717, 1.165) is 11.1 Å². The number of rotatable bonds is 2. The lowest BCUT2D eigenvalue weighted by atomic mass is 9.55. The van der Waals surface area contributed by atoms with E-state index in [2.05, 4.69) is 6.58 Å². The lowest BCUT2D eigenvalue weighted by molar-refractivity contribution is -0.139. The van der Waals surface area contributed by atoms with E-state index in [9.17, 15) is 14.7 Å². The van der Waals surface area contributed by atoms with E-state index >= 15 is 0 Å². The maximum atomic E-state index is 13.0. The van der Waals surface area contributed by atoms with Crippen LogP contribution in [0.1, 0.15) is 31.9 Å². The van der Waals surface area contributed by atoms with Crippen molar-refractivity contribution in [2.24, 2.45) is 5.41 Å². The fourth-order valence-electron chi connectivity index (χ4n) is 4.16. The first kappa shape index (κ1) is 18.0. The summed E-state index contributed by atoms with van der Waals surface area (Å²) < 4.78 is 10.2. The quantitative estimate of drug-likeness (QED) is 0.650. The molecule has 0 saturated carbocycles. The van der Waals surface area contributed by atoms with Gasteiger partial charge in [0.1, 0.15) is 17.1 Å². The number of benzene rings is 1. The van der Waals surface area contributed by atoms with E-state index in [4.69, 9.17) is 9.47 Å². The number of esters is 1. The Morgan fingerprint density at radius 2 is 1.85 bits per heavy atom. The number of aliphatic hydroxyl groups is 1. The molecule has 0 saturated heterocycles. The Balaban J connectivity index is 2.43. The normalized spacial score (nSPS) is 23.8. The number of aliphatic hydroxyl groups excluding tert-OH is 1. The fourth-order valence-corrected chi connectivity index (χ4v) is 4.16. The van der Waals surface area contributed by atoms with Gasteiger partial charge in [0.25, 0.3) is 0 Å². The Hall–Kier alpha value is -2.82. The first-order valence-electron chi connectivity index (χ1n) is 8.28. The number of Topliss-reactive ketones (excluding diaryl/α,β-unsaturated/α-hetero) is 1. The average molecular weight is 354 g/mol.